The standard InChI is InChI=1S/C13H17Br2NO/c1-9(5-4-8-14)16-13(17)11-6-3-7-12(15)10(11)2/h3,6-7,9H,4-5,8H2,1-2H3,(H,16,17). The van der Waals surface area contributed by atoms with Gasteiger partial charge in [0.05, 0.1) is 0 Å². The molecule has 0 spiro atoms. The highest BCUT2D eigenvalue weighted by Crippen LogP contribution is 2.19. The average molecular weight is 363 g/mol. The molecule has 1 aromatic rings. The molecule has 0 aromatic heterocycles. The van der Waals surface area contributed by atoms with Crippen LogP contribution < -0.4 is 5.32 Å². The summed E-state index contributed by atoms with van der Waals surface area (Å²) in [5.74, 6) is 0.00544. The molecule has 1 unspecified atom stereocenters. The van der Waals surface area contributed by atoms with Crippen LogP contribution in [-0.2, 0) is 0 Å². The number of halogens is 2. The van der Waals surface area contributed by atoms with Crippen LogP contribution in [0.25, 0.3) is 0 Å². The van der Waals surface area contributed by atoms with E-state index in [4.69, 9.17) is 0 Å². The molecular weight excluding hydrogens is 346 g/mol. The summed E-state index contributed by atoms with van der Waals surface area (Å²) in [5.41, 5.74) is 1.72. The van der Waals surface area contributed by atoms with Crippen molar-refractivity contribution in [2.45, 2.75) is 32.7 Å². The van der Waals surface area contributed by atoms with Crippen LogP contribution in [0.15, 0.2) is 22.7 Å². The van der Waals surface area contributed by atoms with E-state index in [1.165, 1.54) is 0 Å². The Morgan fingerprint density at radius 2 is 2.18 bits per heavy atom. The van der Waals surface area contributed by atoms with Crippen LogP contribution in [0.1, 0.15) is 35.7 Å². The van der Waals surface area contributed by atoms with E-state index in [2.05, 4.69) is 37.2 Å². The van der Waals surface area contributed by atoms with Gasteiger partial charge >= 0.3 is 0 Å². The molecular formula is C13H17Br2NO. The number of carbonyl (C=O) groups excluding carboxylic acids is 1. The van der Waals surface area contributed by atoms with Gasteiger partial charge < -0.3 is 5.32 Å². The molecule has 0 aliphatic heterocycles. The van der Waals surface area contributed by atoms with Gasteiger partial charge in [-0.15, -0.1) is 0 Å². The van der Waals surface area contributed by atoms with E-state index in [1.807, 2.05) is 32.0 Å². The third-order valence-corrected chi connectivity index (χ3v) is 4.08. The molecule has 0 fully saturated rings. The number of hydrogen-bond donors (Lipinski definition) is 1. The van der Waals surface area contributed by atoms with Crippen molar-refractivity contribution in [2.75, 3.05) is 5.33 Å². The van der Waals surface area contributed by atoms with Gasteiger partial charge in [-0.05, 0) is 44.4 Å². The molecule has 0 saturated carbocycles. The molecule has 1 atom stereocenters. The molecule has 1 aromatic carbocycles. The molecule has 0 heterocycles. The fraction of sp³-hybridized carbons (Fsp3) is 0.462. The minimum absolute atomic E-state index is 0.00544. The number of rotatable bonds is 5. The van der Waals surface area contributed by atoms with E-state index in [-0.39, 0.29) is 11.9 Å². The lowest BCUT2D eigenvalue weighted by atomic mass is 10.1. The maximum Gasteiger partial charge on any atom is 0.251 e. The topological polar surface area (TPSA) is 29.1 Å². The zero-order valence-electron chi connectivity index (χ0n) is 10.1. The van der Waals surface area contributed by atoms with Gasteiger partial charge in [-0.1, -0.05) is 37.9 Å². The fourth-order valence-corrected chi connectivity index (χ4v) is 2.30. The van der Waals surface area contributed by atoms with Crippen molar-refractivity contribution < 1.29 is 4.79 Å². The van der Waals surface area contributed by atoms with Crippen molar-refractivity contribution in [3.8, 4) is 0 Å². The first-order chi connectivity index (χ1) is 8.06. The van der Waals surface area contributed by atoms with E-state index in [1.54, 1.807) is 0 Å². The Kier molecular flexibility index (Phi) is 6.20. The lowest BCUT2D eigenvalue weighted by Gasteiger charge is -2.14. The fourth-order valence-electron chi connectivity index (χ4n) is 1.61. The van der Waals surface area contributed by atoms with E-state index >= 15 is 0 Å². The Hall–Kier alpha value is -0.350. The Balaban J connectivity index is 2.67. The van der Waals surface area contributed by atoms with Crippen molar-refractivity contribution in [1.29, 1.82) is 0 Å². The molecule has 0 saturated heterocycles. The van der Waals surface area contributed by atoms with Crippen LogP contribution in [0.4, 0.5) is 0 Å². The highest BCUT2D eigenvalue weighted by atomic mass is 79.9. The molecule has 4 heteroatoms. The zero-order chi connectivity index (χ0) is 12.8. The van der Waals surface area contributed by atoms with Crippen LogP contribution in [0.2, 0.25) is 0 Å². The summed E-state index contributed by atoms with van der Waals surface area (Å²) in [4.78, 5) is 12.0. The van der Waals surface area contributed by atoms with Gasteiger partial charge in [0, 0.05) is 21.4 Å². The summed E-state index contributed by atoms with van der Waals surface area (Å²) in [5, 5.41) is 3.99. The maximum absolute atomic E-state index is 12.0. The smallest absolute Gasteiger partial charge is 0.251 e. The van der Waals surface area contributed by atoms with E-state index < -0.39 is 0 Å². The van der Waals surface area contributed by atoms with Crippen molar-refractivity contribution in [1.82, 2.24) is 5.32 Å². The number of hydrogen-bond acceptors (Lipinski definition) is 1. The molecule has 1 amide bonds. The van der Waals surface area contributed by atoms with Gasteiger partial charge in [0.1, 0.15) is 0 Å². The first kappa shape index (κ1) is 14.7. The average Bonchev–Trinajstić information content (AvgIpc) is 2.29. The molecule has 94 valence electrons. The summed E-state index contributed by atoms with van der Waals surface area (Å²) >= 11 is 6.83. The summed E-state index contributed by atoms with van der Waals surface area (Å²) < 4.78 is 0.971. The first-order valence-corrected chi connectivity index (χ1v) is 7.59. The van der Waals surface area contributed by atoms with Crippen LogP contribution >= 0.6 is 31.9 Å². The van der Waals surface area contributed by atoms with Crippen LogP contribution in [0.5, 0.6) is 0 Å². The van der Waals surface area contributed by atoms with Crippen LogP contribution in [0.3, 0.4) is 0 Å². The van der Waals surface area contributed by atoms with Crippen molar-refractivity contribution in [3.63, 3.8) is 0 Å². The van der Waals surface area contributed by atoms with Gasteiger partial charge in [0.15, 0.2) is 0 Å². The Morgan fingerprint density at radius 3 is 2.82 bits per heavy atom. The van der Waals surface area contributed by atoms with Crippen molar-refractivity contribution >= 4 is 37.8 Å². The number of carbonyl (C=O) groups is 1. The zero-order valence-corrected chi connectivity index (χ0v) is 13.3. The minimum atomic E-state index is 0.00544. The Labute approximate surface area is 119 Å². The quantitative estimate of drug-likeness (QED) is 0.786. The Morgan fingerprint density at radius 1 is 1.47 bits per heavy atom. The van der Waals surface area contributed by atoms with Crippen LogP contribution in [0, 0.1) is 6.92 Å². The van der Waals surface area contributed by atoms with Crippen LogP contribution in [-0.4, -0.2) is 17.3 Å². The first-order valence-electron chi connectivity index (χ1n) is 5.68. The Bertz CT molecular complexity index is 393. The minimum Gasteiger partial charge on any atom is -0.350 e. The second-order valence-corrected chi connectivity index (χ2v) is 5.77. The molecule has 0 aliphatic rings. The molecule has 1 rings (SSSR count). The van der Waals surface area contributed by atoms with Gasteiger partial charge in [-0.25, -0.2) is 0 Å². The summed E-state index contributed by atoms with van der Waals surface area (Å²) in [6.07, 6.45) is 2.06. The van der Waals surface area contributed by atoms with Gasteiger partial charge in [-0.3, -0.25) is 4.79 Å². The largest absolute Gasteiger partial charge is 0.350 e. The normalized spacial score (nSPS) is 12.2. The molecule has 0 aliphatic carbocycles. The molecule has 0 radical (unpaired) electrons. The van der Waals surface area contributed by atoms with Gasteiger partial charge in [0.2, 0.25) is 0 Å². The highest BCUT2D eigenvalue weighted by Gasteiger charge is 2.12. The number of alkyl halides is 1. The monoisotopic (exact) mass is 361 g/mol. The summed E-state index contributed by atoms with van der Waals surface area (Å²) in [6.45, 7) is 3.98. The second-order valence-electron chi connectivity index (χ2n) is 4.12. The van der Waals surface area contributed by atoms with Gasteiger partial charge in [0.25, 0.3) is 5.91 Å². The third kappa shape index (κ3) is 4.43. The molecule has 1 N–H and O–H groups in total. The predicted molar refractivity (Wildman–Crippen MR) is 78.8 cm³/mol. The summed E-state index contributed by atoms with van der Waals surface area (Å²) in [6, 6.07) is 5.89. The molecule has 2 nitrogen and oxygen atoms in total. The van der Waals surface area contributed by atoms with Gasteiger partial charge in [-0.2, -0.15) is 0 Å². The van der Waals surface area contributed by atoms with Crippen molar-refractivity contribution in [3.05, 3.63) is 33.8 Å². The van der Waals surface area contributed by atoms with E-state index in [0.29, 0.717) is 0 Å². The number of amides is 1. The van der Waals surface area contributed by atoms with Crippen molar-refractivity contribution in [2.24, 2.45) is 0 Å². The predicted octanol–water partition coefficient (Wildman–Crippen LogP) is 4.05. The third-order valence-electron chi connectivity index (χ3n) is 2.66. The lowest BCUT2D eigenvalue weighted by molar-refractivity contribution is 0.0937. The highest BCUT2D eigenvalue weighted by molar-refractivity contribution is 9.10. The SMILES string of the molecule is Cc1c(Br)cccc1C(=O)NC(C)CCCBr. The second kappa shape index (κ2) is 7.17. The maximum atomic E-state index is 12.0. The summed E-state index contributed by atoms with van der Waals surface area (Å²) in [7, 11) is 0. The lowest BCUT2D eigenvalue weighted by Crippen LogP contribution is -2.33. The van der Waals surface area contributed by atoms with E-state index in [0.717, 1.165) is 33.8 Å². The molecule has 17 heavy (non-hydrogen) atoms. The van der Waals surface area contributed by atoms with E-state index in [9.17, 15) is 4.79 Å². The molecule has 0 bridgehead atoms. The number of benzene rings is 1. The number of nitrogens with one attached hydrogen (secondary N) is 1.